The quantitative estimate of drug-likeness (QED) is 0.236. The average Bonchev–Trinajstić information content (AvgIpc) is 2.47. The molecule has 0 saturated carbocycles. The van der Waals surface area contributed by atoms with Gasteiger partial charge in [-0.15, -0.1) is 0 Å². The van der Waals surface area contributed by atoms with Gasteiger partial charge in [-0.2, -0.15) is 0 Å². The zero-order valence-corrected chi connectivity index (χ0v) is 16.5. The topological polar surface area (TPSA) is 0 Å². The van der Waals surface area contributed by atoms with Crippen molar-refractivity contribution in [3.63, 3.8) is 0 Å². The maximum Gasteiger partial charge on any atom is -0.0440 e. The predicted octanol–water partition coefficient (Wildman–Crippen LogP) is 8.54. The Labute approximate surface area is 142 Å². The van der Waals surface area contributed by atoms with Gasteiger partial charge in [0.15, 0.2) is 0 Å². The number of hydrogen-bond donors (Lipinski definition) is 0. The molecule has 0 fully saturated rings. The van der Waals surface area contributed by atoms with Crippen molar-refractivity contribution in [2.24, 2.45) is 11.8 Å². The second kappa shape index (κ2) is 17.4. The molecule has 0 saturated heterocycles. The highest BCUT2D eigenvalue weighted by molar-refractivity contribution is 4.57. The van der Waals surface area contributed by atoms with Crippen molar-refractivity contribution in [1.29, 1.82) is 0 Å². The van der Waals surface area contributed by atoms with E-state index in [1.165, 1.54) is 103 Å². The first-order valence-electron chi connectivity index (χ1n) is 10.7. The maximum atomic E-state index is 2.43. The molecular weight excluding hydrogens is 264 g/mol. The van der Waals surface area contributed by atoms with Crippen LogP contribution in [0.1, 0.15) is 130 Å². The Kier molecular flexibility index (Phi) is 17.4. The molecule has 22 heavy (non-hydrogen) atoms. The van der Waals surface area contributed by atoms with E-state index in [4.69, 9.17) is 0 Å². The zero-order chi connectivity index (χ0) is 16.5. The second-order valence-electron chi connectivity index (χ2n) is 8.12. The van der Waals surface area contributed by atoms with Crippen LogP contribution in [-0.4, -0.2) is 0 Å². The first kappa shape index (κ1) is 22.0. The van der Waals surface area contributed by atoms with E-state index in [1.807, 2.05) is 0 Å². The van der Waals surface area contributed by atoms with Crippen LogP contribution in [0.25, 0.3) is 0 Å². The summed E-state index contributed by atoms with van der Waals surface area (Å²) in [5.41, 5.74) is 0. The SMILES string of the molecule is CCCCCCCCCCCCCCCC[C@H](C)CC(C)C. The Bertz CT molecular complexity index is 194. The van der Waals surface area contributed by atoms with Gasteiger partial charge in [-0.3, -0.25) is 0 Å². The van der Waals surface area contributed by atoms with Gasteiger partial charge < -0.3 is 0 Å². The molecule has 0 N–H and O–H groups in total. The van der Waals surface area contributed by atoms with Crippen molar-refractivity contribution < 1.29 is 0 Å². The maximum absolute atomic E-state index is 2.43. The molecule has 0 amide bonds. The van der Waals surface area contributed by atoms with Gasteiger partial charge in [-0.05, 0) is 18.3 Å². The van der Waals surface area contributed by atoms with Gasteiger partial charge in [0.05, 0.1) is 0 Å². The molecule has 134 valence electrons. The molecule has 0 heterocycles. The Morgan fingerprint density at radius 3 is 1.23 bits per heavy atom. The monoisotopic (exact) mass is 310 g/mol. The van der Waals surface area contributed by atoms with Gasteiger partial charge in [0.25, 0.3) is 0 Å². The highest BCUT2D eigenvalue weighted by Gasteiger charge is 2.04. The minimum absolute atomic E-state index is 0.877. The van der Waals surface area contributed by atoms with Crippen molar-refractivity contribution >= 4 is 0 Å². The molecule has 0 aromatic carbocycles. The molecule has 0 unspecified atom stereocenters. The first-order valence-corrected chi connectivity index (χ1v) is 10.7. The highest BCUT2D eigenvalue weighted by atomic mass is 14.1. The van der Waals surface area contributed by atoms with Gasteiger partial charge >= 0.3 is 0 Å². The van der Waals surface area contributed by atoms with Crippen LogP contribution < -0.4 is 0 Å². The number of hydrogen-bond acceptors (Lipinski definition) is 0. The van der Waals surface area contributed by atoms with Gasteiger partial charge in [0, 0.05) is 0 Å². The van der Waals surface area contributed by atoms with Crippen molar-refractivity contribution in [3.05, 3.63) is 0 Å². The molecule has 0 heteroatoms. The number of unbranched alkanes of at least 4 members (excludes halogenated alkanes) is 13. The summed E-state index contributed by atoms with van der Waals surface area (Å²) in [5, 5.41) is 0. The largest absolute Gasteiger partial charge is 0.0654 e. The molecule has 0 aromatic heterocycles. The summed E-state index contributed by atoms with van der Waals surface area (Å²) >= 11 is 0. The van der Waals surface area contributed by atoms with Crippen LogP contribution >= 0.6 is 0 Å². The molecule has 0 aliphatic heterocycles. The van der Waals surface area contributed by atoms with Gasteiger partial charge in [-0.25, -0.2) is 0 Å². The lowest BCUT2D eigenvalue weighted by Crippen LogP contribution is -1.99. The summed E-state index contributed by atoms with van der Waals surface area (Å²) in [6, 6.07) is 0. The molecule has 0 radical (unpaired) electrons. The van der Waals surface area contributed by atoms with Crippen LogP contribution in [0.5, 0.6) is 0 Å². The van der Waals surface area contributed by atoms with Crippen LogP contribution in [0.3, 0.4) is 0 Å². The fraction of sp³-hybridized carbons (Fsp3) is 1.00. The molecule has 1 atom stereocenters. The normalized spacial score (nSPS) is 13.0. The molecule has 0 nitrogen and oxygen atoms in total. The van der Waals surface area contributed by atoms with E-state index in [-0.39, 0.29) is 0 Å². The summed E-state index contributed by atoms with van der Waals surface area (Å²) in [7, 11) is 0. The third-order valence-corrected chi connectivity index (χ3v) is 4.92. The molecule has 0 rings (SSSR count). The third kappa shape index (κ3) is 18.1. The molecular formula is C22H46. The standard InChI is InChI=1S/C22H46/c1-5-6-7-8-9-10-11-12-13-14-15-16-17-18-19-22(4)20-21(2)3/h21-22H,5-20H2,1-4H3/t22-/m0/s1. The Hall–Kier alpha value is 0. The molecule has 0 aliphatic carbocycles. The minimum atomic E-state index is 0.877. The predicted molar refractivity (Wildman–Crippen MR) is 104 cm³/mol. The lowest BCUT2D eigenvalue weighted by Gasteiger charge is -2.13. The van der Waals surface area contributed by atoms with Gasteiger partial charge in [0.1, 0.15) is 0 Å². The van der Waals surface area contributed by atoms with Crippen molar-refractivity contribution in [1.82, 2.24) is 0 Å². The van der Waals surface area contributed by atoms with E-state index < -0.39 is 0 Å². The molecule has 0 bridgehead atoms. The van der Waals surface area contributed by atoms with Crippen molar-refractivity contribution in [3.8, 4) is 0 Å². The fourth-order valence-corrected chi connectivity index (χ4v) is 3.61. The van der Waals surface area contributed by atoms with E-state index in [2.05, 4.69) is 27.7 Å². The smallest absolute Gasteiger partial charge is 0.0440 e. The first-order chi connectivity index (χ1) is 10.7. The minimum Gasteiger partial charge on any atom is -0.0654 e. The van der Waals surface area contributed by atoms with Crippen LogP contribution in [-0.2, 0) is 0 Å². The molecule has 0 spiro atoms. The lowest BCUT2D eigenvalue weighted by atomic mass is 9.93. The number of rotatable bonds is 17. The second-order valence-corrected chi connectivity index (χ2v) is 8.12. The van der Waals surface area contributed by atoms with Crippen LogP contribution in [0.2, 0.25) is 0 Å². The summed E-state index contributed by atoms with van der Waals surface area (Å²) in [4.78, 5) is 0. The van der Waals surface area contributed by atoms with Crippen molar-refractivity contribution in [2.75, 3.05) is 0 Å². The fourth-order valence-electron chi connectivity index (χ4n) is 3.61. The molecule has 0 aliphatic rings. The van der Waals surface area contributed by atoms with E-state index in [0.29, 0.717) is 0 Å². The van der Waals surface area contributed by atoms with Gasteiger partial charge in [0.2, 0.25) is 0 Å². The Morgan fingerprint density at radius 1 is 0.500 bits per heavy atom. The van der Waals surface area contributed by atoms with E-state index >= 15 is 0 Å². The van der Waals surface area contributed by atoms with Gasteiger partial charge in [-0.1, -0.05) is 124 Å². The molecule has 0 aromatic rings. The zero-order valence-electron chi connectivity index (χ0n) is 16.5. The van der Waals surface area contributed by atoms with Crippen LogP contribution in [0.15, 0.2) is 0 Å². The lowest BCUT2D eigenvalue weighted by molar-refractivity contribution is 0.397. The summed E-state index contributed by atoms with van der Waals surface area (Å²) < 4.78 is 0. The Morgan fingerprint density at radius 2 is 0.864 bits per heavy atom. The summed E-state index contributed by atoms with van der Waals surface area (Å²) in [6.45, 7) is 9.43. The van der Waals surface area contributed by atoms with E-state index in [9.17, 15) is 0 Å². The third-order valence-electron chi connectivity index (χ3n) is 4.92. The Balaban J connectivity index is 3.05. The van der Waals surface area contributed by atoms with Crippen LogP contribution in [0.4, 0.5) is 0 Å². The van der Waals surface area contributed by atoms with E-state index in [1.54, 1.807) is 0 Å². The average molecular weight is 311 g/mol. The summed E-state index contributed by atoms with van der Waals surface area (Å²) in [5.74, 6) is 1.82. The van der Waals surface area contributed by atoms with E-state index in [0.717, 1.165) is 11.8 Å². The van der Waals surface area contributed by atoms with Crippen LogP contribution in [0, 0.1) is 11.8 Å². The highest BCUT2D eigenvalue weighted by Crippen LogP contribution is 2.19. The summed E-state index contributed by atoms with van der Waals surface area (Å²) in [6.07, 6.45) is 23.4. The van der Waals surface area contributed by atoms with Crippen molar-refractivity contribution in [2.45, 2.75) is 130 Å².